The van der Waals surface area contributed by atoms with Gasteiger partial charge in [0, 0.05) is 18.7 Å². The van der Waals surface area contributed by atoms with Crippen LogP contribution in [0.25, 0.3) is 0 Å². The monoisotopic (exact) mass is 152 g/mol. The van der Waals surface area contributed by atoms with E-state index < -0.39 is 0 Å². The fourth-order valence-corrected chi connectivity index (χ4v) is 0.935. The van der Waals surface area contributed by atoms with E-state index in [2.05, 4.69) is 24.2 Å². The lowest BCUT2D eigenvalue weighted by atomic mass is 10.1. The molecule has 52 valence electrons. The fourth-order valence-electron chi connectivity index (χ4n) is 0.704. The van der Waals surface area contributed by atoms with Crippen LogP contribution >= 0.6 is 0 Å². The normalized spacial score (nSPS) is 21.6. The van der Waals surface area contributed by atoms with E-state index >= 15 is 0 Å². The van der Waals surface area contributed by atoms with E-state index in [1.807, 2.05) is 18.2 Å². The van der Waals surface area contributed by atoms with E-state index in [9.17, 15) is 0 Å². The third-order valence-electron chi connectivity index (χ3n) is 1.35. The van der Waals surface area contributed by atoms with Crippen LogP contribution in [0.3, 0.4) is 0 Å². The van der Waals surface area contributed by atoms with E-state index in [1.54, 1.807) is 7.05 Å². The SMILES string of the molecule is C=C1C=CC(=NC)C=C1[SH2+]. The highest BCUT2D eigenvalue weighted by Crippen LogP contribution is 2.12. The van der Waals surface area contributed by atoms with Crippen LogP contribution in [-0.2, 0) is 12.6 Å². The molecule has 0 saturated heterocycles. The molecule has 0 fully saturated rings. The Hall–Kier alpha value is -0.760. The Morgan fingerprint density at radius 1 is 1.50 bits per heavy atom. The van der Waals surface area contributed by atoms with Crippen molar-refractivity contribution in [3.63, 3.8) is 0 Å². The first-order valence-electron chi connectivity index (χ1n) is 3.01. The highest BCUT2D eigenvalue weighted by atomic mass is 32.1. The molecule has 1 aliphatic carbocycles. The maximum absolute atomic E-state index is 4.01. The topological polar surface area (TPSA) is 12.4 Å². The Morgan fingerprint density at radius 3 is 2.70 bits per heavy atom. The second kappa shape index (κ2) is 2.88. The molecule has 10 heavy (non-hydrogen) atoms. The average Bonchev–Trinajstić information content (AvgIpc) is 1.95. The van der Waals surface area contributed by atoms with E-state index in [0.29, 0.717) is 0 Å². The maximum Gasteiger partial charge on any atom is 0.159 e. The zero-order valence-corrected chi connectivity index (χ0v) is 6.89. The third kappa shape index (κ3) is 1.39. The molecule has 0 atom stereocenters. The van der Waals surface area contributed by atoms with Crippen LogP contribution in [-0.4, -0.2) is 12.8 Å². The summed E-state index contributed by atoms with van der Waals surface area (Å²) in [7, 11) is 1.77. The summed E-state index contributed by atoms with van der Waals surface area (Å²) in [4.78, 5) is 5.02. The van der Waals surface area contributed by atoms with E-state index in [0.717, 1.165) is 16.2 Å². The first-order valence-corrected chi connectivity index (χ1v) is 3.51. The molecular formula is C8H10NS+. The second-order valence-electron chi connectivity index (χ2n) is 2.07. The predicted molar refractivity (Wildman–Crippen MR) is 49.9 cm³/mol. The number of allylic oxidation sites excluding steroid dienone is 4. The van der Waals surface area contributed by atoms with E-state index in [4.69, 9.17) is 0 Å². The molecule has 0 amide bonds. The van der Waals surface area contributed by atoms with Gasteiger partial charge in [-0.2, -0.15) is 0 Å². The minimum atomic E-state index is 0.970. The Morgan fingerprint density at radius 2 is 2.20 bits per heavy atom. The Bertz CT molecular complexity index is 246. The smallest absolute Gasteiger partial charge is 0.159 e. The minimum absolute atomic E-state index is 0.970. The van der Waals surface area contributed by atoms with Crippen LogP contribution < -0.4 is 0 Å². The molecule has 1 nitrogen and oxygen atoms in total. The molecule has 0 aromatic carbocycles. The highest BCUT2D eigenvalue weighted by molar-refractivity contribution is 7.63. The molecule has 1 aliphatic rings. The standard InChI is InChI=1S/C8H9NS/c1-6-3-4-7(9-2)5-8(6)10/h3-5,10H,1H2,2H3/p+1. The number of hydrogen-bond acceptors (Lipinski definition) is 1. The van der Waals surface area contributed by atoms with E-state index in [-0.39, 0.29) is 0 Å². The van der Waals surface area contributed by atoms with Gasteiger partial charge in [0.25, 0.3) is 0 Å². The molecule has 0 aromatic rings. The molecule has 2 heteroatoms. The van der Waals surface area contributed by atoms with Crippen LogP contribution in [0.15, 0.2) is 40.3 Å². The fraction of sp³-hybridized carbons (Fsp3) is 0.125. The van der Waals surface area contributed by atoms with Gasteiger partial charge in [0.05, 0.1) is 5.71 Å². The lowest BCUT2D eigenvalue weighted by molar-refractivity contribution is 1.44. The zero-order chi connectivity index (χ0) is 7.56. The summed E-state index contributed by atoms with van der Waals surface area (Å²) >= 11 is 3.41. The van der Waals surface area contributed by atoms with Crippen LogP contribution in [0.5, 0.6) is 0 Å². The number of aliphatic imine (C=N–C) groups is 1. The first kappa shape index (κ1) is 7.35. The molecule has 0 saturated carbocycles. The molecule has 0 bridgehead atoms. The van der Waals surface area contributed by atoms with Gasteiger partial charge >= 0.3 is 0 Å². The van der Waals surface area contributed by atoms with Crippen molar-refractivity contribution in [3.05, 3.63) is 35.3 Å². The predicted octanol–water partition coefficient (Wildman–Crippen LogP) is 1.08. The molecule has 0 aromatic heterocycles. The van der Waals surface area contributed by atoms with Crippen molar-refractivity contribution in [2.45, 2.75) is 0 Å². The van der Waals surface area contributed by atoms with Crippen molar-refractivity contribution >= 4 is 18.3 Å². The summed E-state index contributed by atoms with van der Waals surface area (Å²) < 4.78 is 0. The van der Waals surface area contributed by atoms with Crippen LogP contribution in [0.4, 0.5) is 0 Å². The average molecular weight is 152 g/mol. The summed E-state index contributed by atoms with van der Waals surface area (Å²) in [6, 6.07) is 0. The van der Waals surface area contributed by atoms with E-state index in [1.165, 1.54) is 0 Å². The minimum Gasteiger partial charge on any atom is -0.289 e. The molecule has 0 aliphatic heterocycles. The number of nitrogens with zero attached hydrogens (tertiary/aromatic N) is 1. The summed E-state index contributed by atoms with van der Waals surface area (Å²) in [5.74, 6) is 0. The quantitative estimate of drug-likeness (QED) is 0.461. The van der Waals surface area contributed by atoms with Gasteiger partial charge in [0.1, 0.15) is 0 Å². The molecule has 1 rings (SSSR count). The largest absolute Gasteiger partial charge is 0.289 e. The third-order valence-corrected chi connectivity index (χ3v) is 1.82. The molecular weight excluding hydrogens is 142 g/mol. The second-order valence-corrected chi connectivity index (χ2v) is 2.60. The van der Waals surface area contributed by atoms with Gasteiger partial charge in [-0.15, -0.1) is 0 Å². The van der Waals surface area contributed by atoms with Crippen LogP contribution in [0.2, 0.25) is 0 Å². The van der Waals surface area contributed by atoms with Crippen molar-refractivity contribution in [2.75, 3.05) is 7.05 Å². The lowest BCUT2D eigenvalue weighted by Crippen LogP contribution is -1.96. The van der Waals surface area contributed by atoms with Crippen molar-refractivity contribution in [1.82, 2.24) is 0 Å². The Balaban J connectivity index is 2.95. The van der Waals surface area contributed by atoms with Crippen LogP contribution in [0.1, 0.15) is 0 Å². The summed E-state index contributed by atoms with van der Waals surface area (Å²) in [5.41, 5.74) is 1.96. The molecule has 0 N–H and O–H groups in total. The first-order chi connectivity index (χ1) is 4.74. The van der Waals surface area contributed by atoms with Gasteiger partial charge in [-0.1, -0.05) is 6.58 Å². The van der Waals surface area contributed by atoms with Crippen molar-refractivity contribution in [2.24, 2.45) is 4.99 Å². The zero-order valence-electron chi connectivity index (χ0n) is 5.89. The van der Waals surface area contributed by atoms with Gasteiger partial charge in [-0.05, 0) is 24.8 Å². The number of rotatable bonds is 0. The maximum atomic E-state index is 4.01. The van der Waals surface area contributed by atoms with Gasteiger partial charge < -0.3 is 0 Å². The molecule has 0 heterocycles. The van der Waals surface area contributed by atoms with Crippen molar-refractivity contribution in [3.8, 4) is 0 Å². The summed E-state index contributed by atoms with van der Waals surface area (Å²) in [5, 5.41) is 0. The highest BCUT2D eigenvalue weighted by Gasteiger charge is 2.06. The lowest BCUT2D eigenvalue weighted by Gasteiger charge is -1.99. The summed E-state index contributed by atoms with van der Waals surface area (Å²) in [6.07, 6.45) is 5.82. The van der Waals surface area contributed by atoms with Gasteiger partial charge in [-0.3, -0.25) is 4.99 Å². The Labute approximate surface area is 66.3 Å². The van der Waals surface area contributed by atoms with Crippen molar-refractivity contribution in [1.29, 1.82) is 0 Å². The van der Waals surface area contributed by atoms with Crippen molar-refractivity contribution < 1.29 is 0 Å². The number of hydrogen-bond donors (Lipinski definition) is 0. The van der Waals surface area contributed by atoms with Crippen LogP contribution in [0, 0.1) is 0 Å². The van der Waals surface area contributed by atoms with Gasteiger partial charge in [0.15, 0.2) is 4.91 Å². The molecule has 0 radical (unpaired) electrons. The molecule has 0 unspecified atom stereocenters. The van der Waals surface area contributed by atoms with Gasteiger partial charge in [0.2, 0.25) is 0 Å². The summed E-state index contributed by atoms with van der Waals surface area (Å²) in [6.45, 7) is 3.81. The molecule has 0 spiro atoms. The van der Waals surface area contributed by atoms with Gasteiger partial charge in [-0.25, -0.2) is 0 Å². The Kier molecular flexibility index (Phi) is 2.12.